The standard InChI is InChI=1S/C31H21N3O3/c35-29(32-23-18-14-22(15-19-23)31-34-27-10-3-4-11-28(27)37-31)21-12-16-24(17-13-21)33-30(36)26-9-5-7-20-6-1-2-8-25(20)26/h1-19H,(H,32,35)(H,33,36). The van der Waals surface area contributed by atoms with Crippen molar-refractivity contribution < 1.29 is 14.0 Å². The molecule has 37 heavy (non-hydrogen) atoms. The molecule has 0 aliphatic heterocycles. The van der Waals surface area contributed by atoms with E-state index in [0.29, 0.717) is 28.4 Å². The van der Waals surface area contributed by atoms with Crippen LogP contribution in [0.5, 0.6) is 0 Å². The van der Waals surface area contributed by atoms with Crippen LogP contribution in [0.15, 0.2) is 120 Å². The molecule has 0 aliphatic carbocycles. The molecule has 0 fully saturated rings. The number of oxazole rings is 1. The molecule has 0 saturated carbocycles. The van der Waals surface area contributed by atoms with E-state index in [1.807, 2.05) is 72.8 Å². The highest BCUT2D eigenvalue weighted by Gasteiger charge is 2.12. The first-order valence-corrected chi connectivity index (χ1v) is 11.8. The smallest absolute Gasteiger partial charge is 0.256 e. The molecule has 0 aliphatic rings. The molecule has 0 unspecified atom stereocenters. The minimum atomic E-state index is -0.249. The molecule has 5 aromatic carbocycles. The topological polar surface area (TPSA) is 84.2 Å². The summed E-state index contributed by atoms with van der Waals surface area (Å²) in [6, 6.07) is 35.1. The van der Waals surface area contributed by atoms with Gasteiger partial charge in [0.05, 0.1) is 0 Å². The molecule has 178 valence electrons. The van der Waals surface area contributed by atoms with Crippen molar-refractivity contribution in [2.24, 2.45) is 0 Å². The fraction of sp³-hybridized carbons (Fsp3) is 0. The summed E-state index contributed by atoms with van der Waals surface area (Å²) in [7, 11) is 0. The fourth-order valence-electron chi connectivity index (χ4n) is 4.22. The van der Waals surface area contributed by atoms with Gasteiger partial charge in [0.1, 0.15) is 5.52 Å². The molecule has 2 N–H and O–H groups in total. The molecule has 6 aromatic rings. The first kappa shape index (κ1) is 22.2. The Bertz CT molecular complexity index is 1720. The summed E-state index contributed by atoms with van der Waals surface area (Å²) in [4.78, 5) is 30.1. The third-order valence-electron chi connectivity index (χ3n) is 6.12. The lowest BCUT2D eigenvalue weighted by molar-refractivity contribution is 0.102. The van der Waals surface area contributed by atoms with Gasteiger partial charge in [-0.2, -0.15) is 0 Å². The van der Waals surface area contributed by atoms with Gasteiger partial charge < -0.3 is 15.1 Å². The summed E-state index contributed by atoms with van der Waals surface area (Å²) < 4.78 is 5.80. The van der Waals surface area contributed by atoms with E-state index in [-0.39, 0.29) is 11.8 Å². The summed E-state index contributed by atoms with van der Waals surface area (Å²) in [6.45, 7) is 0. The summed E-state index contributed by atoms with van der Waals surface area (Å²) in [5.41, 5.74) is 4.68. The number of benzene rings is 5. The maximum absolute atomic E-state index is 12.9. The number of aromatic nitrogens is 1. The molecule has 0 bridgehead atoms. The van der Waals surface area contributed by atoms with Gasteiger partial charge in [-0.25, -0.2) is 4.98 Å². The Balaban J connectivity index is 1.12. The van der Waals surface area contributed by atoms with Crippen molar-refractivity contribution in [1.82, 2.24) is 4.98 Å². The lowest BCUT2D eigenvalue weighted by Crippen LogP contribution is -2.14. The second kappa shape index (κ2) is 9.43. The lowest BCUT2D eigenvalue weighted by atomic mass is 10.0. The van der Waals surface area contributed by atoms with Gasteiger partial charge >= 0.3 is 0 Å². The highest BCUT2D eigenvalue weighted by molar-refractivity contribution is 6.13. The first-order valence-electron chi connectivity index (χ1n) is 11.8. The minimum absolute atomic E-state index is 0.201. The quantitative estimate of drug-likeness (QED) is 0.273. The van der Waals surface area contributed by atoms with Crippen molar-refractivity contribution in [2.45, 2.75) is 0 Å². The Kier molecular flexibility index (Phi) is 5.67. The van der Waals surface area contributed by atoms with E-state index in [1.165, 1.54) is 0 Å². The highest BCUT2D eigenvalue weighted by Crippen LogP contribution is 2.25. The summed E-state index contributed by atoms with van der Waals surface area (Å²) in [6.07, 6.45) is 0. The second-order valence-electron chi connectivity index (χ2n) is 8.58. The fourth-order valence-corrected chi connectivity index (χ4v) is 4.22. The third kappa shape index (κ3) is 4.56. The predicted molar refractivity (Wildman–Crippen MR) is 146 cm³/mol. The number of carbonyl (C=O) groups is 2. The van der Waals surface area contributed by atoms with Crippen LogP contribution in [-0.2, 0) is 0 Å². The minimum Gasteiger partial charge on any atom is -0.436 e. The average molecular weight is 484 g/mol. The zero-order valence-electron chi connectivity index (χ0n) is 19.6. The van der Waals surface area contributed by atoms with Crippen LogP contribution in [0.2, 0.25) is 0 Å². The van der Waals surface area contributed by atoms with Crippen molar-refractivity contribution in [2.75, 3.05) is 10.6 Å². The van der Waals surface area contributed by atoms with Crippen LogP contribution in [0.4, 0.5) is 11.4 Å². The van der Waals surface area contributed by atoms with E-state index in [1.54, 1.807) is 42.5 Å². The SMILES string of the molecule is O=C(Nc1ccc(-c2nc3ccccc3o2)cc1)c1ccc(NC(=O)c2cccc3ccccc23)cc1. The van der Waals surface area contributed by atoms with E-state index in [2.05, 4.69) is 15.6 Å². The van der Waals surface area contributed by atoms with Crippen LogP contribution in [0.3, 0.4) is 0 Å². The lowest BCUT2D eigenvalue weighted by Gasteiger charge is -2.09. The zero-order chi connectivity index (χ0) is 25.2. The van der Waals surface area contributed by atoms with Crippen LogP contribution >= 0.6 is 0 Å². The molecule has 0 radical (unpaired) electrons. The van der Waals surface area contributed by atoms with Crippen LogP contribution in [0.25, 0.3) is 33.3 Å². The molecule has 1 aromatic heterocycles. The van der Waals surface area contributed by atoms with Gasteiger partial charge in [0.25, 0.3) is 11.8 Å². The molecule has 0 saturated heterocycles. The number of amides is 2. The van der Waals surface area contributed by atoms with Crippen LogP contribution in [0.1, 0.15) is 20.7 Å². The number of carbonyl (C=O) groups excluding carboxylic acids is 2. The third-order valence-corrected chi connectivity index (χ3v) is 6.12. The van der Waals surface area contributed by atoms with Gasteiger partial charge in [-0.3, -0.25) is 9.59 Å². The van der Waals surface area contributed by atoms with Crippen molar-refractivity contribution in [1.29, 1.82) is 0 Å². The molecule has 6 rings (SSSR count). The van der Waals surface area contributed by atoms with Gasteiger partial charge in [-0.05, 0) is 77.5 Å². The van der Waals surface area contributed by atoms with Gasteiger partial charge in [0, 0.05) is 28.1 Å². The largest absolute Gasteiger partial charge is 0.436 e. The van der Waals surface area contributed by atoms with Crippen LogP contribution < -0.4 is 10.6 Å². The maximum atomic E-state index is 12.9. The molecule has 6 heteroatoms. The number of para-hydroxylation sites is 2. The van der Waals surface area contributed by atoms with Gasteiger partial charge in [-0.1, -0.05) is 48.5 Å². The summed E-state index contributed by atoms with van der Waals surface area (Å²) in [5.74, 6) is 0.0785. The average Bonchev–Trinajstić information content (AvgIpc) is 3.38. The number of anilines is 2. The van der Waals surface area contributed by atoms with Crippen molar-refractivity contribution >= 4 is 45.1 Å². The van der Waals surface area contributed by atoms with Crippen LogP contribution in [0, 0.1) is 0 Å². The Morgan fingerprint density at radius 1 is 0.622 bits per heavy atom. The maximum Gasteiger partial charge on any atom is 0.256 e. The van der Waals surface area contributed by atoms with E-state index in [4.69, 9.17) is 4.42 Å². The normalized spacial score (nSPS) is 10.9. The molecular weight excluding hydrogens is 462 g/mol. The number of hydrogen-bond acceptors (Lipinski definition) is 4. The Morgan fingerprint density at radius 3 is 2.05 bits per heavy atom. The Hall–Kier alpha value is -5.23. The Labute approximate surface area is 212 Å². The summed E-state index contributed by atoms with van der Waals surface area (Å²) in [5, 5.41) is 7.70. The van der Waals surface area contributed by atoms with Gasteiger partial charge in [0.2, 0.25) is 5.89 Å². The number of nitrogens with zero attached hydrogens (tertiary/aromatic N) is 1. The monoisotopic (exact) mass is 483 g/mol. The van der Waals surface area contributed by atoms with Gasteiger partial charge in [0.15, 0.2) is 5.58 Å². The molecule has 2 amide bonds. The van der Waals surface area contributed by atoms with Gasteiger partial charge in [-0.15, -0.1) is 0 Å². The molecule has 0 spiro atoms. The number of fused-ring (bicyclic) bond motifs is 2. The molecular formula is C31H21N3O3. The number of rotatable bonds is 5. The van der Waals surface area contributed by atoms with Crippen molar-refractivity contribution in [3.8, 4) is 11.5 Å². The second-order valence-corrected chi connectivity index (χ2v) is 8.58. The van der Waals surface area contributed by atoms with Crippen molar-refractivity contribution in [3.63, 3.8) is 0 Å². The molecule has 1 heterocycles. The molecule has 0 atom stereocenters. The van der Waals surface area contributed by atoms with Crippen LogP contribution in [-0.4, -0.2) is 16.8 Å². The van der Waals surface area contributed by atoms with E-state index in [0.717, 1.165) is 27.4 Å². The highest BCUT2D eigenvalue weighted by atomic mass is 16.3. The zero-order valence-corrected chi connectivity index (χ0v) is 19.6. The summed E-state index contributed by atoms with van der Waals surface area (Å²) >= 11 is 0. The number of nitrogens with one attached hydrogen (secondary N) is 2. The first-order chi connectivity index (χ1) is 18.1. The number of hydrogen-bond donors (Lipinski definition) is 2. The predicted octanol–water partition coefficient (Wildman–Crippen LogP) is 7.15. The Morgan fingerprint density at radius 2 is 1.27 bits per heavy atom. The van der Waals surface area contributed by atoms with E-state index >= 15 is 0 Å². The van der Waals surface area contributed by atoms with E-state index < -0.39 is 0 Å². The molecule has 6 nitrogen and oxygen atoms in total. The van der Waals surface area contributed by atoms with E-state index in [9.17, 15) is 9.59 Å². The van der Waals surface area contributed by atoms with Crippen molar-refractivity contribution in [3.05, 3.63) is 126 Å².